The highest BCUT2D eigenvalue weighted by molar-refractivity contribution is 5.89. The Morgan fingerprint density at radius 1 is 0.957 bits per heavy atom. The van der Waals surface area contributed by atoms with E-state index in [2.05, 4.69) is 10.2 Å². The van der Waals surface area contributed by atoms with Crippen molar-refractivity contribution in [1.29, 1.82) is 0 Å². The van der Waals surface area contributed by atoms with Crippen molar-refractivity contribution >= 4 is 11.7 Å². The van der Waals surface area contributed by atoms with Crippen molar-refractivity contribution in [3.8, 4) is 0 Å². The predicted molar refractivity (Wildman–Crippen MR) is 88.7 cm³/mol. The Hall–Kier alpha value is -2.40. The minimum atomic E-state index is -0.170. The molecule has 0 aromatic heterocycles. The van der Waals surface area contributed by atoms with Gasteiger partial charge in [-0.1, -0.05) is 36.4 Å². The third-order valence-corrected chi connectivity index (χ3v) is 4.04. The van der Waals surface area contributed by atoms with Crippen molar-refractivity contribution in [2.24, 2.45) is 0 Å². The van der Waals surface area contributed by atoms with E-state index in [1.807, 2.05) is 42.5 Å². The highest BCUT2D eigenvalue weighted by atomic mass is 19.1. The van der Waals surface area contributed by atoms with E-state index in [0.29, 0.717) is 25.2 Å². The van der Waals surface area contributed by atoms with Crippen LogP contribution in [0.3, 0.4) is 0 Å². The van der Waals surface area contributed by atoms with Crippen molar-refractivity contribution in [3.05, 3.63) is 66.0 Å². The van der Waals surface area contributed by atoms with Crippen molar-refractivity contribution in [3.63, 3.8) is 0 Å². The Morgan fingerprint density at radius 3 is 2.30 bits per heavy atom. The number of amides is 2. The summed E-state index contributed by atoms with van der Waals surface area (Å²) in [6.45, 7) is 3.37. The molecule has 0 bridgehead atoms. The van der Waals surface area contributed by atoms with Crippen LogP contribution >= 0.6 is 0 Å². The van der Waals surface area contributed by atoms with Gasteiger partial charge >= 0.3 is 6.03 Å². The van der Waals surface area contributed by atoms with Gasteiger partial charge in [0.2, 0.25) is 0 Å². The number of hydrogen-bond acceptors (Lipinski definition) is 2. The maximum atomic E-state index is 13.7. The lowest BCUT2D eigenvalue weighted by molar-refractivity contribution is 0.142. The number of carbonyl (C=O) groups excluding carboxylic acids is 1. The molecule has 23 heavy (non-hydrogen) atoms. The molecule has 0 aliphatic carbocycles. The highest BCUT2D eigenvalue weighted by Gasteiger charge is 2.21. The number of nitrogens with one attached hydrogen (secondary N) is 1. The number of benzene rings is 2. The molecule has 1 heterocycles. The van der Waals surface area contributed by atoms with Crippen LogP contribution in [0, 0.1) is 5.82 Å². The molecule has 0 radical (unpaired) electrons. The molecule has 1 N–H and O–H groups in total. The van der Waals surface area contributed by atoms with E-state index in [1.165, 1.54) is 6.07 Å². The summed E-state index contributed by atoms with van der Waals surface area (Å²) < 4.78 is 13.7. The van der Waals surface area contributed by atoms with Crippen LogP contribution in [0.2, 0.25) is 0 Å². The van der Waals surface area contributed by atoms with Crippen LogP contribution in [0.25, 0.3) is 0 Å². The number of para-hydroxylation sites is 1. The van der Waals surface area contributed by atoms with E-state index in [0.717, 1.165) is 18.8 Å². The van der Waals surface area contributed by atoms with E-state index < -0.39 is 0 Å². The summed E-state index contributed by atoms with van der Waals surface area (Å²) in [5, 5.41) is 2.89. The summed E-state index contributed by atoms with van der Waals surface area (Å²) in [7, 11) is 0. The van der Waals surface area contributed by atoms with Gasteiger partial charge in [-0.25, -0.2) is 9.18 Å². The second-order valence-corrected chi connectivity index (χ2v) is 5.65. The van der Waals surface area contributed by atoms with Crippen LogP contribution in [-0.4, -0.2) is 42.0 Å². The van der Waals surface area contributed by atoms with Gasteiger partial charge in [0.15, 0.2) is 0 Å². The third-order valence-electron chi connectivity index (χ3n) is 4.04. The summed E-state index contributed by atoms with van der Waals surface area (Å²) in [6, 6.07) is 16.2. The molecule has 0 saturated carbocycles. The summed E-state index contributed by atoms with van der Waals surface area (Å²) in [5.41, 5.74) is 1.50. The molecule has 120 valence electrons. The van der Waals surface area contributed by atoms with Crippen LogP contribution in [-0.2, 0) is 6.54 Å². The molecule has 2 aromatic carbocycles. The summed E-state index contributed by atoms with van der Waals surface area (Å²) >= 11 is 0. The summed E-state index contributed by atoms with van der Waals surface area (Å²) in [4.78, 5) is 16.2. The molecule has 2 amide bonds. The second-order valence-electron chi connectivity index (χ2n) is 5.65. The molecule has 1 saturated heterocycles. The lowest BCUT2D eigenvalue weighted by Crippen LogP contribution is -2.49. The topological polar surface area (TPSA) is 35.6 Å². The zero-order valence-corrected chi connectivity index (χ0v) is 12.9. The normalized spacial score (nSPS) is 15.4. The second kappa shape index (κ2) is 7.24. The zero-order chi connectivity index (χ0) is 16.1. The van der Waals surface area contributed by atoms with Gasteiger partial charge in [0, 0.05) is 44.0 Å². The molecule has 3 rings (SSSR count). The Labute approximate surface area is 135 Å². The molecule has 2 aromatic rings. The van der Waals surface area contributed by atoms with Gasteiger partial charge < -0.3 is 10.2 Å². The Kier molecular flexibility index (Phi) is 4.88. The first kappa shape index (κ1) is 15.5. The first-order chi connectivity index (χ1) is 11.2. The number of rotatable bonds is 3. The Morgan fingerprint density at radius 2 is 1.61 bits per heavy atom. The lowest BCUT2D eigenvalue weighted by atomic mass is 10.2. The molecular weight excluding hydrogens is 293 g/mol. The number of hydrogen-bond donors (Lipinski definition) is 1. The molecule has 1 aliphatic heterocycles. The van der Waals surface area contributed by atoms with Crippen molar-refractivity contribution < 1.29 is 9.18 Å². The summed E-state index contributed by atoms with van der Waals surface area (Å²) in [6.07, 6.45) is 0. The van der Waals surface area contributed by atoms with E-state index in [9.17, 15) is 9.18 Å². The molecule has 0 spiro atoms. The Bertz CT molecular complexity index is 654. The third kappa shape index (κ3) is 4.07. The summed E-state index contributed by atoms with van der Waals surface area (Å²) in [5.74, 6) is -0.170. The van der Waals surface area contributed by atoms with Gasteiger partial charge in [-0.3, -0.25) is 4.90 Å². The molecule has 1 aliphatic rings. The average Bonchev–Trinajstić information content (AvgIpc) is 2.58. The number of carbonyl (C=O) groups is 1. The molecular formula is C18H20FN3O. The standard InChI is InChI=1S/C18H20FN3O/c19-17-9-5-4-6-15(17)14-21-10-12-22(13-11-21)18(23)20-16-7-2-1-3-8-16/h1-9H,10-14H2,(H,20,23). The van der Waals surface area contributed by atoms with E-state index >= 15 is 0 Å². The van der Waals surface area contributed by atoms with Gasteiger partial charge in [-0.15, -0.1) is 0 Å². The number of anilines is 1. The van der Waals surface area contributed by atoms with E-state index in [-0.39, 0.29) is 11.8 Å². The maximum absolute atomic E-state index is 13.7. The fraction of sp³-hybridized carbons (Fsp3) is 0.278. The molecule has 1 fully saturated rings. The minimum absolute atomic E-state index is 0.0817. The van der Waals surface area contributed by atoms with Crippen LogP contribution in [0.15, 0.2) is 54.6 Å². The van der Waals surface area contributed by atoms with Crippen molar-refractivity contribution in [1.82, 2.24) is 9.80 Å². The number of urea groups is 1. The van der Waals surface area contributed by atoms with Gasteiger partial charge in [0.05, 0.1) is 0 Å². The Balaban J connectivity index is 1.50. The largest absolute Gasteiger partial charge is 0.322 e. The van der Waals surface area contributed by atoms with Crippen LogP contribution in [0.4, 0.5) is 14.9 Å². The minimum Gasteiger partial charge on any atom is -0.322 e. The SMILES string of the molecule is O=C(Nc1ccccc1)N1CCN(Cc2ccccc2F)CC1. The number of nitrogens with zero attached hydrogens (tertiary/aromatic N) is 2. The fourth-order valence-electron chi connectivity index (χ4n) is 2.70. The van der Waals surface area contributed by atoms with Gasteiger partial charge in [0.1, 0.15) is 5.82 Å². The van der Waals surface area contributed by atoms with Gasteiger partial charge in [-0.2, -0.15) is 0 Å². The zero-order valence-electron chi connectivity index (χ0n) is 12.9. The lowest BCUT2D eigenvalue weighted by Gasteiger charge is -2.34. The van der Waals surface area contributed by atoms with Crippen LogP contribution in [0.1, 0.15) is 5.56 Å². The van der Waals surface area contributed by atoms with Crippen molar-refractivity contribution in [2.75, 3.05) is 31.5 Å². The molecule has 0 atom stereocenters. The smallest absolute Gasteiger partial charge is 0.321 e. The predicted octanol–water partition coefficient (Wildman–Crippen LogP) is 3.18. The number of piperazine rings is 1. The van der Waals surface area contributed by atoms with E-state index in [1.54, 1.807) is 11.0 Å². The molecule has 0 unspecified atom stereocenters. The average molecular weight is 313 g/mol. The van der Waals surface area contributed by atoms with E-state index in [4.69, 9.17) is 0 Å². The van der Waals surface area contributed by atoms with Gasteiger partial charge in [-0.05, 0) is 18.2 Å². The number of halogens is 1. The molecule has 5 heteroatoms. The van der Waals surface area contributed by atoms with Gasteiger partial charge in [0.25, 0.3) is 0 Å². The molecule has 4 nitrogen and oxygen atoms in total. The first-order valence-corrected chi connectivity index (χ1v) is 7.79. The highest BCUT2D eigenvalue weighted by Crippen LogP contribution is 2.13. The van der Waals surface area contributed by atoms with Crippen LogP contribution in [0.5, 0.6) is 0 Å². The fourth-order valence-corrected chi connectivity index (χ4v) is 2.70. The first-order valence-electron chi connectivity index (χ1n) is 7.79. The monoisotopic (exact) mass is 313 g/mol. The van der Waals surface area contributed by atoms with Crippen LogP contribution < -0.4 is 5.32 Å². The quantitative estimate of drug-likeness (QED) is 0.944. The van der Waals surface area contributed by atoms with Crippen molar-refractivity contribution in [2.45, 2.75) is 6.54 Å². The maximum Gasteiger partial charge on any atom is 0.321 e.